The highest BCUT2D eigenvalue weighted by Gasteiger charge is 2.24. The second-order valence-electron chi connectivity index (χ2n) is 6.00. The molecule has 0 radical (unpaired) electrons. The summed E-state index contributed by atoms with van der Waals surface area (Å²) >= 11 is 0. The highest BCUT2D eigenvalue weighted by Crippen LogP contribution is 2.25. The third kappa shape index (κ3) is 3.00. The van der Waals surface area contributed by atoms with Crippen LogP contribution in [0.2, 0.25) is 0 Å². The van der Waals surface area contributed by atoms with Gasteiger partial charge >= 0.3 is 0 Å². The molecule has 0 atom stereocenters. The Morgan fingerprint density at radius 3 is 2.88 bits per heavy atom. The fourth-order valence-electron chi connectivity index (χ4n) is 3.11. The lowest BCUT2D eigenvalue weighted by Gasteiger charge is -2.18. The van der Waals surface area contributed by atoms with Crippen molar-refractivity contribution in [2.45, 2.75) is 19.8 Å². The number of carbonyl (C=O) groups excluding carboxylic acids is 1. The molecule has 0 saturated carbocycles. The summed E-state index contributed by atoms with van der Waals surface area (Å²) in [6, 6.07) is 5.55. The maximum Gasteiger partial charge on any atom is 0.276 e. The SMILES string of the molecule is Cc1cc(C(=O)N2CCc3ncnc(-c4cccnc4)c3CC2)no1. The number of aromatic nitrogens is 4. The van der Waals surface area contributed by atoms with Gasteiger partial charge in [0.05, 0.1) is 5.69 Å². The molecule has 4 heterocycles. The van der Waals surface area contributed by atoms with Gasteiger partial charge in [-0.25, -0.2) is 9.97 Å². The molecular formula is C18H17N5O2. The van der Waals surface area contributed by atoms with Gasteiger partial charge < -0.3 is 9.42 Å². The fourth-order valence-corrected chi connectivity index (χ4v) is 3.11. The molecule has 126 valence electrons. The van der Waals surface area contributed by atoms with Gasteiger partial charge in [-0.3, -0.25) is 9.78 Å². The molecule has 0 aliphatic carbocycles. The minimum atomic E-state index is -0.111. The van der Waals surface area contributed by atoms with Gasteiger partial charge in [0.1, 0.15) is 12.1 Å². The minimum Gasteiger partial charge on any atom is -0.361 e. The smallest absolute Gasteiger partial charge is 0.276 e. The van der Waals surface area contributed by atoms with Crippen LogP contribution in [0, 0.1) is 6.92 Å². The second-order valence-corrected chi connectivity index (χ2v) is 6.00. The molecule has 3 aromatic heterocycles. The molecule has 0 bridgehead atoms. The molecule has 1 amide bonds. The van der Waals surface area contributed by atoms with Crippen molar-refractivity contribution in [2.75, 3.05) is 13.1 Å². The van der Waals surface area contributed by atoms with Crippen LogP contribution in [0.3, 0.4) is 0 Å². The number of amides is 1. The number of hydrogen-bond donors (Lipinski definition) is 0. The third-order valence-corrected chi connectivity index (χ3v) is 4.35. The van der Waals surface area contributed by atoms with Crippen molar-refractivity contribution < 1.29 is 9.32 Å². The van der Waals surface area contributed by atoms with Crippen LogP contribution < -0.4 is 0 Å². The van der Waals surface area contributed by atoms with Crippen molar-refractivity contribution in [3.8, 4) is 11.3 Å². The van der Waals surface area contributed by atoms with Gasteiger partial charge in [0.15, 0.2) is 5.69 Å². The monoisotopic (exact) mass is 335 g/mol. The zero-order valence-corrected chi connectivity index (χ0v) is 13.8. The molecule has 0 N–H and O–H groups in total. The number of rotatable bonds is 2. The Labute approximate surface area is 144 Å². The molecule has 0 spiro atoms. The maximum atomic E-state index is 12.6. The molecule has 1 aliphatic heterocycles. The average Bonchev–Trinajstić information content (AvgIpc) is 2.96. The summed E-state index contributed by atoms with van der Waals surface area (Å²) < 4.78 is 5.02. The topological polar surface area (TPSA) is 85.0 Å². The first-order chi connectivity index (χ1) is 12.2. The van der Waals surface area contributed by atoms with E-state index in [0.29, 0.717) is 37.4 Å². The summed E-state index contributed by atoms with van der Waals surface area (Å²) in [5, 5.41) is 3.83. The number of carbonyl (C=O) groups is 1. The van der Waals surface area contributed by atoms with Gasteiger partial charge in [-0.05, 0) is 25.5 Å². The first-order valence-electron chi connectivity index (χ1n) is 8.18. The summed E-state index contributed by atoms with van der Waals surface area (Å²) in [5.41, 5.74) is 4.28. The predicted octanol–water partition coefficient (Wildman–Crippen LogP) is 2.08. The van der Waals surface area contributed by atoms with Crippen LogP contribution in [0.15, 0.2) is 41.4 Å². The number of pyridine rings is 1. The van der Waals surface area contributed by atoms with E-state index in [1.54, 1.807) is 36.6 Å². The highest BCUT2D eigenvalue weighted by atomic mass is 16.5. The van der Waals surface area contributed by atoms with Gasteiger partial charge in [0, 0.05) is 54.8 Å². The van der Waals surface area contributed by atoms with Crippen molar-refractivity contribution >= 4 is 5.91 Å². The van der Waals surface area contributed by atoms with Gasteiger partial charge in [-0.2, -0.15) is 0 Å². The molecule has 3 aromatic rings. The van der Waals surface area contributed by atoms with Crippen molar-refractivity contribution in [1.82, 2.24) is 25.0 Å². The van der Waals surface area contributed by atoms with E-state index in [-0.39, 0.29) is 5.91 Å². The van der Waals surface area contributed by atoms with Crippen molar-refractivity contribution in [2.24, 2.45) is 0 Å². The molecule has 25 heavy (non-hydrogen) atoms. The quantitative estimate of drug-likeness (QED) is 0.713. The van der Waals surface area contributed by atoms with E-state index in [9.17, 15) is 4.79 Å². The van der Waals surface area contributed by atoms with E-state index in [2.05, 4.69) is 20.1 Å². The minimum absolute atomic E-state index is 0.111. The number of aryl methyl sites for hydroxylation is 1. The molecule has 4 rings (SSSR count). The summed E-state index contributed by atoms with van der Waals surface area (Å²) in [4.78, 5) is 27.5. The summed E-state index contributed by atoms with van der Waals surface area (Å²) in [5.74, 6) is 0.520. The highest BCUT2D eigenvalue weighted by molar-refractivity contribution is 5.92. The standard InChI is InChI=1S/C18H17N5O2/c1-12-9-16(22-25-12)18(24)23-7-4-14-15(5-8-23)20-11-21-17(14)13-3-2-6-19-10-13/h2-3,6,9-11H,4-5,7-8H2,1H3. The first kappa shape index (κ1) is 15.4. The molecule has 7 nitrogen and oxygen atoms in total. The maximum absolute atomic E-state index is 12.6. The Hall–Kier alpha value is -3.09. The van der Waals surface area contributed by atoms with Gasteiger partial charge in [0.2, 0.25) is 0 Å². The van der Waals surface area contributed by atoms with E-state index in [0.717, 1.165) is 22.5 Å². The molecule has 0 aromatic carbocycles. The molecule has 7 heteroatoms. The van der Waals surface area contributed by atoms with Crippen molar-refractivity contribution in [1.29, 1.82) is 0 Å². The van der Waals surface area contributed by atoms with Gasteiger partial charge in [-0.1, -0.05) is 5.16 Å². The van der Waals surface area contributed by atoms with Crippen molar-refractivity contribution in [3.05, 3.63) is 59.6 Å². The second kappa shape index (κ2) is 6.43. The van der Waals surface area contributed by atoms with Crippen LogP contribution in [0.25, 0.3) is 11.3 Å². The average molecular weight is 335 g/mol. The van der Waals surface area contributed by atoms with E-state index >= 15 is 0 Å². The summed E-state index contributed by atoms with van der Waals surface area (Å²) in [6.07, 6.45) is 6.51. The Bertz CT molecular complexity index is 907. The zero-order valence-electron chi connectivity index (χ0n) is 13.8. The zero-order chi connectivity index (χ0) is 17.2. The number of nitrogens with zero attached hydrogens (tertiary/aromatic N) is 5. The van der Waals surface area contributed by atoms with Crippen molar-refractivity contribution in [3.63, 3.8) is 0 Å². The molecule has 0 fully saturated rings. The van der Waals surface area contributed by atoms with E-state index in [1.807, 2.05) is 12.1 Å². The number of hydrogen-bond acceptors (Lipinski definition) is 6. The van der Waals surface area contributed by atoms with Crippen LogP contribution in [0.1, 0.15) is 27.5 Å². The molecule has 0 unspecified atom stereocenters. The van der Waals surface area contributed by atoms with Gasteiger partial charge in [0.25, 0.3) is 5.91 Å². The summed E-state index contributed by atoms with van der Waals surface area (Å²) in [7, 11) is 0. The molecule has 0 saturated heterocycles. The lowest BCUT2D eigenvalue weighted by atomic mass is 10.0. The van der Waals surface area contributed by atoms with Gasteiger partial charge in [-0.15, -0.1) is 0 Å². The Balaban J connectivity index is 1.61. The lowest BCUT2D eigenvalue weighted by Crippen LogP contribution is -2.33. The lowest BCUT2D eigenvalue weighted by molar-refractivity contribution is 0.0752. The first-order valence-corrected chi connectivity index (χ1v) is 8.18. The Morgan fingerprint density at radius 2 is 2.12 bits per heavy atom. The number of fused-ring (bicyclic) bond motifs is 1. The van der Waals surface area contributed by atoms with E-state index < -0.39 is 0 Å². The normalized spacial score (nSPS) is 14.0. The fraction of sp³-hybridized carbons (Fsp3) is 0.278. The van der Waals surface area contributed by atoms with Crippen LogP contribution in [0.5, 0.6) is 0 Å². The third-order valence-electron chi connectivity index (χ3n) is 4.35. The van der Waals surface area contributed by atoms with Crippen LogP contribution in [-0.2, 0) is 12.8 Å². The van der Waals surface area contributed by atoms with E-state index in [1.165, 1.54) is 0 Å². The Kier molecular flexibility index (Phi) is 3.97. The van der Waals surface area contributed by atoms with E-state index in [4.69, 9.17) is 4.52 Å². The van der Waals surface area contributed by atoms with Crippen LogP contribution in [-0.4, -0.2) is 44.0 Å². The Morgan fingerprint density at radius 1 is 1.24 bits per heavy atom. The van der Waals surface area contributed by atoms with Crippen LogP contribution >= 0.6 is 0 Å². The predicted molar refractivity (Wildman–Crippen MR) is 89.8 cm³/mol. The van der Waals surface area contributed by atoms with Crippen LogP contribution in [0.4, 0.5) is 0 Å². The molecular weight excluding hydrogens is 318 g/mol. The largest absolute Gasteiger partial charge is 0.361 e. The molecule has 1 aliphatic rings. The summed E-state index contributed by atoms with van der Waals surface area (Å²) in [6.45, 7) is 2.97.